The van der Waals surface area contributed by atoms with E-state index in [0.29, 0.717) is 12.6 Å². The lowest BCUT2D eigenvalue weighted by atomic mass is 10.1. The topological polar surface area (TPSA) is 38.1 Å². The molecule has 0 aliphatic heterocycles. The Hall–Kier alpha value is -1.61. The first-order chi connectivity index (χ1) is 7.75. The van der Waals surface area contributed by atoms with Gasteiger partial charge in [0.05, 0.1) is 12.7 Å². The van der Waals surface area contributed by atoms with Crippen LogP contribution in [-0.4, -0.2) is 4.98 Å². The second-order valence-electron chi connectivity index (χ2n) is 3.98. The van der Waals surface area contributed by atoms with Crippen molar-refractivity contribution < 1.29 is 4.42 Å². The molecule has 0 unspecified atom stereocenters. The zero-order chi connectivity index (χ0) is 11.4. The maximum absolute atomic E-state index is 5.17. The molecule has 0 spiro atoms. The molecule has 0 saturated carbocycles. The van der Waals surface area contributed by atoms with Crippen molar-refractivity contribution in [1.82, 2.24) is 10.3 Å². The van der Waals surface area contributed by atoms with Gasteiger partial charge in [-0.15, -0.1) is 0 Å². The van der Waals surface area contributed by atoms with Crippen LogP contribution >= 0.6 is 0 Å². The molecule has 0 radical (unpaired) electrons. The molecule has 0 bridgehead atoms. The number of nitrogens with zero attached hydrogens (tertiary/aromatic N) is 1. The van der Waals surface area contributed by atoms with Crippen molar-refractivity contribution >= 4 is 0 Å². The Labute approximate surface area is 95.5 Å². The highest BCUT2D eigenvalue weighted by Gasteiger charge is 2.05. The molecule has 0 aliphatic rings. The first-order valence-electron chi connectivity index (χ1n) is 5.43. The molecule has 0 aliphatic carbocycles. The lowest BCUT2D eigenvalue weighted by Gasteiger charge is -2.13. The molecule has 1 aromatic carbocycles. The number of hydrogen-bond donors (Lipinski definition) is 1. The normalized spacial score (nSPS) is 12.6. The first-order valence-corrected chi connectivity index (χ1v) is 5.43. The Morgan fingerprint density at radius 3 is 2.69 bits per heavy atom. The van der Waals surface area contributed by atoms with Crippen molar-refractivity contribution in [3.8, 4) is 0 Å². The largest absolute Gasteiger partial charge is 0.447 e. The summed E-state index contributed by atoms with van der Waals surface area (Å²) < 4.78 is 5.17. The first kappa shape index (κ1) is 10.9. The Morgan fingerprint density at radius 2 is 2.06 bits per heavy atom. The third-order valence-electron chi connectivity index (χ3n) is 2.64. The fraction of sp³-hybridized carbons (Fsp3) is 0.308. The predicted molar refractivity (Wildman–Crippen MR) is 62.9 cm³/mol. The summed E-state index contributed by atoms with van der Waals surface area (Å²) >= 11 is 0. The van der Waals surface area contributed by atoms with Crippen LogP contribution in [0.25, 0.3) is 0 Å². The zero-order valence-corrected chi connectivity index (χ0v) is 9.60. The Kier molecular flexibility index (Phi) is 3.37. The zero-order valence-electron chi connectivity index (χ0n) is 9.60. The molecule has 2 aromatic rings. The molecule has 16 heavy (non-hydrogen) atoms. The minimum atomic E-state index is 0.311. The van der Waals surface area contributed by atoms with E-state index in [2.05, 4.69) is 48.4 Å². The van der Waals surface area contributed by atoms with Gasteiger partial charge < -0.3 is 9.73 Å². The van der Waals surface area contributed by atoms with Gasteiger partial charge in [-0.2, -0.15) is 0 Å². The monoisotopic (exact) mass is 216 g/mol. The fourth-order valence-electron chi connectivity index (χ4n) is 1.56. The van der Waals surface area contributed by atoms with Gasteiger partial charge in [0.15, 0.2) is 6.39 Å². The summed E-state index contributed by atoms with van der Waals surface area (Å²) in [5, 5.41) is 3.39. The van der Waals surface area contributed by atoms with Crippen LogP contribution in [0.2, 0.25) is 0 Å². The van der Waals surface area contributed by atoms with Gasteiger partial charge in [-0.1, -0.05) is 29.8 Å². The number of benzene rings is 1. The van der Waals surface area contributed by atoms with E-state index in [1.54, 1.807) is 6.20 Å². The molecule has 2 rings (SSSR count). The van der Waals surface area contributed by atoms with E-state index in [-0.39, 0.29) is 0 Å². The van der Waals surface area contributed by atoms with E-state index in [4.69, 9.17) is 4.42 Å². The SMILES string of the molecule is Cc1ccc([C@@H](C)NCc2cnco2)cc1. The summed E-state index contributed by atoms with van der Waals surface area (Å²) in [5.41, 5.74) is 2.57. The molecule has 1 aromatic heterocycles. The highest BCUT2D eigenvalue weighted by molar-refractivity contribution is 5.23. The summed E-state index contributed by atoms with van der Waals surface area (Å²) in [4.78, 5) is 3.88. The molecule has 1 heterocycles. The molecular weight excluding hydrogens is 200 g/mol. The third-order valence-corrected chi connectivity index (χ3v) is 2.64. The smallest absolute Gasteiger partial charge is 0.180 e. The lowest BCUT2D eigenvalue weighted by molar-refractivity contribution is 0.458. The van der Waals surface area contributed by atoms with Gasteiger partial charge in [0.1, 0.15) is 5.76 Å². The average molecular weight is 216 g/mol. The molecule has 1 atom stereocenters. The van der Waals surface area contributed by atoms with Crippen LogP contribution in [0.4, 0.5) is 0 Å². The van der Waals surface area contributed by atoms with Crippen LogP contribution in [0.5, 0.6) is 0 Å². The maximum atomic E-state index is 5.17. The quantitative estimate of drug-likeness (QED) is 0.854. The molecular formula is C13H16N2O. The van der Waals surface area contributed by atoms with Crippen LogP contribution in [-0.2, 0) is 6.54 Å². The van der Waals surface area contributed by atoms with E-state index in [1.807, 2.05) is 0 Å². The molecule has 84 valence electrons. The number of aryl methyl sites for hydroxylation is 1. The van der Waals surface area contributed by atoms with Crippen molar-refractivity contribution in [3.63, 3.8) is 0 Å². The number of hydrogen-bond acceptors (Lipinski definition) is 3. The van der Waals surface area contributed by atoms with Gasteiger partial charge >= 0.3 is 0 Å². The Morgan fingerprint density at radius 1 is 1.31 bits per heavy atom. The minimum absolute atomic E-state index is 0.311. The lowest BCUT2D eigenvalue weighted by Crippen LogP contribution is -2.17. The number of nitrogens with one attached hydrogen (secondary N) is 1. The average Bonchev–Trinajstić information content (AvgIpc) is 2.80. The minimum Gasteiger partial charge on any atom is -0.447 e. The molecule has 1 N–H and O–H groups in total. The highest BCUT2D eigenvalue weighted by Crippen LogP contribution is 2.13. The van der Waals surface area contributed by atoms with Crippen molar-refractivity contribution in [2.24, 2.45) is 0 Å². The van der Waals surface area contributed by atoms with Gasteiger partial charge in [-0.05, 0) is 19.4 Å². The molecule has 0 amide bonds. The summed E-state index contributed by atoms with van der Waals surface area (Å²) in [6, 6.07) is 8.86. The van der Waals surface area contributed by atoms with Crippen LogP contribution in [0.15, 0.2) is 41.3 Å². The van der Waals surface area contributed by atoms with E-state index in [9.17, 15) is 0 Å². The van der Waals surface area contributed by atoms with Crippen LogP contribution in [0.3, 0.4) is 0 Å². The summed E-state index contributed by atoms with van der Waals surface area (Å²) in [6.45, 7) is 4.94. The van der Waals surface area contributed by atoms with Crippen molar-refractivity contribution in [2.75, 3.05) is 0 Å². The number of rotatable bonds is 4. The van der Waals surface area contributed by atoms with Crippen LogP contribution in [0, 0.1) is 6.92 Å². The van der Waals surface area contributed by atoms with Crippen LogP contribution in [0.1, 0.15) is 29.9 Å². The highest BCUT2D eigenvalue weighted by atomic mass is 16.3. The van der Waals surface area contributed by atoms with E-state index in [1.165, 1.54) is 17.5 Å². The Bertz CT molecular complexity index is 420. The van der Waals surface area contributed by atoms with Gasteiger partial charge in [-0.3, -0.25) is 0 Å². The summed E-state index contributed by atoms with van der Waals surface area (Å²) in [5.74, 6) is 0.860. The van der Waals surface area contributed by atoms with Crippen molar-refractivity contribution in [3.05, 3.63) is 53.7 Å². The maximum Gasteiger partial charge on any atom is 0.180 e. The summed E-state index contributed by atoms with van der Waals surface area (Å²) in [6.07, 6.45) is 3.18. The molecule has 0 saturated heterocycles. The van der Waals surface area contributed by atoms with Crippen LogP contribution < -0.4 is 5.32 Å². The van der Waals surface area contributed by atoms with Gasteiger partial charge in [-0.25, -0.2) is 4.98 Å². The Balaban J connectivity index is 1.93. The predicted octanol–water partition coefficient (Wildman–Crippen LogP) is 2.83. The number of aromatic nitrogens is 1. The number of oxazole rings is 1. The molecule has 3 nitrogen and oxygen atoms in total. The van der Waals surface area contributed by atoms with Gasteiger partial charge in [0.2, 0.25) is 0 Å². The van der Waals surface area contributed by atoms with E-state index < -0.39 is 0 Å². The van der Waals surface area contributed by atoms with E-state index >= 15 is 0 Å². The molecule has 0 fully saturated rings. The second-order valence-corrected chi connectivity index (χ2v) is 3.98. The van der Waals surface area contributed by atoms with Gasteiger partial charge in [0.25, 0.3) is 0 Å². The van der Waals surface area contributed by atoms with Crippen molar-refractivity contribution in [2.45, 2.75) is 26.4 Å². The summed E-state index contributed by atoms with van der Waals surface area (Å²) in [7, 11) is 0. The van der Waals surface area contributed by atoms with E-state index in [0.717, 1.165) is 5.76 Å². The standard InChI is InChI=1S/C13H16N2O/c1-10-3-5-12(6-4-10)11(2)15-8-13-7-14-9-16-13/h3-7,9,11,15H,8H2,1-2H3/t11-/m1/s1. The fourth-order valence-corrected chi connectivity index (χ4v) is 1.56. The van der Waals surface area contributed by atoms with Crippen molar-refractivity contribution in [1.29, 1.82) is 0 Å². The molecule has 3 heteroatoms. The second kappa shape index (κ2) is 4.94. The third kappa shape index (κ3) is 2.70. The van der Waals surface area contributed by atoms with Gasteiger partial charge in [0, 0.05) is 6.04 Å².